The van der Waals surface area contributed by atoms with Crippen LogP contribution >= 0.6 is 11.6 Å². The summed E-state index contributed by atoms with van der Waals surface area (Å²) in [6.07, 6.45) is 4.38. The molecule has 1 fully saturated rings. The summed E-state index contributed by atoms with van der Waals surface area (Å²) in [6, 6.07) is 10.3. The van der Waals surface area contributed by atoms with Crippen molar-refractivity contribution in [1.82, 2.24) is 0 Å². The van der Waals surface area contributed by atoms with Crippen LogP contribution in [0.1, 0.15) is 37.2 Å². The molecule has 1 aromatic rings. The Hall–Kier alpha value is -0.820. The van der Waals surface area contributed by atoms with Gasteiger partial charge in [-0.25, -0.2) is 0 Å². The fourth-order valence-corrected chi connectivity index (χ4v) is 2.76. The normalized spacial score (nSPS) is 26.2. The maximum atomic E-state index is 11.3. The lowest BCUT2D eigenvalue weighted by atomic mass is 9.76. The van der Waals surface area contributed by atoms with Gasteiger partial charge in [0.2, 0.25) is 5.24 Å². The van der Waals surface area contributed by atoms with Crippen LogP contribution in [0.5, 0.6) is 0 Å². The van der Waals surface area contributed by atoms with Gasteiger partial charge in [0.15, 0.2) is 0 Å². The summed E-state index contributed by atoms with van der Waals surface area (Å²) < 4.78 is 0. The lowest BCUT2D eigenvalue weighted by Crippen LogP contribution is -2.22. The van der Waals surface area contributed by atoms with Crippen molar-refractivity contribution in [2.75, 3.05) is 0 Å². The highest BCUT2D eigenvalue weighted by Crippen LogP contribution is 2.38. The molecule has 1 saturated carbocycles. The zero-order valence-electron chi connectivity index (χ0n) is 8.66. The first-order chi connectivity index (χ1) is 7.29. The molecule has 2 atom stereocenters. The van der Waals surface area contributed by atoms with E-state index in [1.807, 2.05) is 18.2 Å². The Bertz CT molecular complexity index is 334. The van der Waals surface area contributed by atoms with E-state index in [9.17, 15) is 4.79 Å². The third-order valence-electron chi connectivity index (χ3n) is 3.29. The topological polar surface area (TPSA) is 17.1 Å². The molecular formula is C13H15ClO. The van der Waals surface area contributed by atoms with Gasteiger partial charge in [0, 0.05) is 5.92 Å². The van der Waals surface area contributed by atoms with Crippen molar-refractivity contribution in [3.05, 3.63) is 35.9 Å². The van der Waals surface area contributed by atoms with Crippen molar-refractivity contribution in [2.45, 2.75) is 31.6 Å². The van der Waals surface area contributed by atoms with Crippen molar-refractivity contribution in [2.24, 2.45) is 5.92 Å². The smallest absolute Gasteiger partial charge is 0.225 e. The lowest BCUT2D eigenvalue weighted by molar-refractivity contribution is -0.116. The molecule has 0 radical (unpaired) electrons. The molecule has 1 aliphatic rings. The van der Waals surface area contributed by atoms with Crippen LogP contribution in [0, 0.1) is 5.92 Å². The zero-order valence-corrected chi connectivity index (χ0v) is 9.41. The second-order valence-electron chi connectivity index (χ2n) is 4.21. The number of halogens is 1. The van der Waals surface area contributed by atoms with Crippen molar-refractivity contribution in [1.29, 1.82) is 0 Å². The van der Waals surface area contributed by atoms with Gasteiger partial charge in [-0.2, -0.15) is 0 Å². The van der Waals surface area contributed by atoms with Gasteiger partial charge < -0.3 is 0 Å². The van der Waals surface area contributed by atoms with E-state index in [2.05, 4.69) is 12.1 Å². The maximum absolute atomic E-state index is 11.3. The van der Waals surface area contributed by atoms with E-state index in [0.29, 0.717) is 5.92 Å². The number of rotatable bonds is 2. The van der Waals surface area contributed by atoms with E-state index in [1.54, 1.807) is 0 Å². The highest BCUT2D eigenvalue weighted by atomic mass is 35.5. The molecule has 2 unspecified atom stereocenters. The van der Waals surface area contributed by atoms with Crippen LogP contribution in [0.4, 0.5) is 0 Å². The van der Waals surface area contributed by atoms with Crippen LogP contribution in [0.15, 0.2) is 30.3 Å². The van der Waals surface area contributed by atoms with E-state index < -0.39 is 0 Å². The average Bonchev–Trinajstić information content (AvgIpc) is 2.30. The highest BCUT2D eigenvalue weighted by Gasteiger charge is 2.30. The Balaban J connectivity index is 2.22. The van der Waals surface area contributed by atoms with Crippen LogP contribution < -0.4 is 0 Å². The van der Waals surface area contributed by atoms with Gasteiger partial charge >= 0.3 is 0 Å². The fraction of sp³-hybridized carbons (Fsp3) is 0.462. The lowest BCUT2D eigenvalue weighted by Gasteiger charge is -2.29. The first kappa shape index (κ1) is 10.7. The second-order valence-corrected chi connectivity index (χ2v) is 4.58. The SMILES string of the molecule is O=C(Cl)C1CCCCC1c1ccccc1. The average molecular weight is 223 g/mol. The summed E-state index contributed by atoms with van der Waals surface area (Å²) in [5, 5.41) is -0.163. The molecule has 0 aliphatic heterocycles. The van der Waals surface area contributed by atoms with Crippen LogP contribution in [-0.2, 0) is 4.79 Å². The molecule has 0 spiro atoms. The molecule has 0 N–H and O–H groups in total. The number of hydrogen-bond acceptors (Lipinski definition) is 1. The predicted octanol–water partition coefficient (Wildman–Crippen LogP) is 3.73. The molecule has 2 heteroatoms. The first-order valence-corrected chi connectivity index (χ1v) is 5.91. The Morgan fingerprint density at radius 3 is 2.47 bits per heavy atom. The molecule has 0 bridgehead atoms. The number of hydrogen-bond donors (Lipinski definition) is 0. The molecule has 0 aromatic heterocycles. The third-order valence-corrected chi connectivity index (χ3v) is 3.57. The number of carbonyl (C=O) groups is 1. The van der Waals surface area contributed by atoms with Gasteiger partial charge in [0.1, 0.15) is 0 Å². The molecule has 1 aromatic carbocycles. The van der Waals surface area contributed by atoms with E-state index in [0.717, 1.165) is 19.3 Å². The van der Waals surface area contributed by atoms with Gasteiger partial charge in [-0.3, -0.25) is 4.79 Å². The Labute approximate surface area is 95.4 Å². The highest BCUT2D eigenvalue weighted by molar-refractivity contribution is 6.64. The maximum Gasteiger partial charge on any atom is 0.225 e. The second kappa shape index (κ2) is 4.80. The third kappa shape index (κ3) is 2.40. The molecule has 0 amide bonds. The summed E-state index contributed by atoms with van der Waals surface area (Å²) in [6.45, 7) is 0. The van der Waals surface area contributed by atoms with E-state index in [-0.39, 0.29) is 11.2 Å². The van der Waals surface area contributed by atoms with Crippen molar-refractivity contribution >= 4 is 16.8 Å². The molecule has 1 nitrogen and oxygen atoms in total. The Kier molecular flexibility index (Phi) is 3.42. The van der Waals surface area contributed by atoms with Gasteiger partial charge in [-0.1, -0.05) is 43.2 Å². The predicted molar refractivity (Wildman–Crippen MR) is 62.0 cm³/mol. The van der Waals surface area contributed by atoms with Crippen molar-refractivity contribution in [3.63, 3.8) is 0 Å². The zero-order chi connectivity index (χ0) is 10.7. The van der Waals surface area contributed by atoms with Gasteiger partial charge in [-0.15, -0.1) is 0 Å². The van der Waals surface area contributed by atoms with Gasteiger partial charge in [0.25, 0.3) is 0 Å². The summed E-state index contributed by atoms with van der Waals surface area (Å²) >= 11 is 5.66. The molecule has 80 valence electrons. The minimum Gasteiger partial charge on any atom is -0.281 e. The van der Waals surface area contributed by atoms with E-state index >= 15 is 0 Å². The molecule has 2 rings (SSSR count). The fourth-order valence-electron chi connectivity index (χ4n) is 2.50. The quantitative estimate of drug-likeness (QED) is 0.697. The van der Waals surface area contributed by atoms with E-state index in [1.165, 1.54) is 12.0 Å². The standard InChI is InChI=1S/C13H15ClO/c14-13(15)12-9-5-4-8-11(12)10-6-2-1-3-7-10/h1-3,6-7,11-12H,4-5,8-9H2. The Morgan fingerprint density at radius 1 is 1.13 bits per heavy atom. The first-order valence-electron chi connectivity index (χ1n) is 5.53. The van der Waals surface area contributed by atoms with Crippen LogP contribution in [0.3, 0.4) is 0 Å². The summed E-state index contributed by atoms with van der Waals surface area (Å²) in [4.78, 5) is 11.3. The molecule has 15 heavy (non-hydrogen) atoms. The molecule has 0 saturated heterocycles. The molecule has 1 aliphatic carbocycles. The van der Waals surface area contributed by atoms with Crippen molar-refractivity contribution in [3.8, 4) is 0 Å². The minimum atomic E-state index is -0.163. The Morgan fingerprint density at radius 2 is 1.80 bits per heavy atom. The number of carbonyl (C=O) groups excluding carboxylic acids is 1. The number of benzene rings is 1. The van der Waals surface area contributed by atoms with Crippen LogP contribution in [0.2, 0.25) is 0 Å². The van der Waals surface area contributed by atoms with Gasteiger partial charge in [0.05, 0.1) is 0 Å². The summed E-state index contributed by atoms with van der Waals surface area (Å²) in [5.41, 5.74) is 1.26. The minimum absolute atomic E-state index is 0.0304. The largest absolute Gasteiger partial charge is 0.281 e. The van der Waals surface area contributed by atoms with Crippen molar-refractivity contribution < 1.29 is 4.79 Å². The molecule has 0 heterocycles. The van der Waals surface area contributed by atoms with Crippen LogP contribution in [0.25, 0.3) is 0 Å². The monoisotopic (exact) mass is 222 g/mol. The van der Waals surface area contributed by atoms with Gasteiger partial charge in [-0.05, 0) is 35.9 Å². The molecular weight excluding hydrogens is 208 g/mol. The summed E-state index contributed by atoms with van der Waals surface area (Å²) in [7, 11) is 0. The van der Waals surface area contributed by atoms with E-state index in [4.69, 9.17) is 11.6 Å². The van der Waals surface area contributed by atoms with Crippen LogP contribution in [-0.4, -0.2) is 5.24 Å². The summed E-state index contributed by atoms with van der Waals surface area (Å²) in [5.74, 6) is 0.368.